The predicted molar refractivity (Wildman–Crippen MR) is 146 cm³/mol. The van der Waals surface area contributed by atoms with E-state index in [4.69, 9.17) is 16.6 Å². The second-order valence-electron chi connectivity index (χ2n) is 9.56. The average molecular weight is 500 g/mol. The zero-order valence-electron chi connectivity index (χ0n) is 20.8. The fourth-order valence-electron chi connectivity index (χ4n) is 4.23. The first-order valence-corrected chi connectivity index (χ1v) is 12.6. The number of fused-ring (bicyclic) bond motifs is 1. The number of anilines is 1. The molecule has 2 aromatic heterocycles. The Morgan fingerprint density at radius 3 is 2.58 bits per heavy atom. The molecule has 0 atom stereocenters. The molecule has 2 N–H and O–H groups in total. The molecule has 0 radical (unpaired) electrons. The molecule has 1 aliphatic heterocycles. The molecule has 0 saturated carbocycles. The van der Waals surface area contributed by atoms with Gasteiger partial charge in [0.15, 0.2) is 0 Å². The molecule has 0 bridgehead atoms. The van der Waals surface area contributed by atoms with Gasteiger partial charge in [-0.15, -0.1) is 10.2 Å². The van der Waals surface area contributed by atoms with Gasteiger partial charge in [-0.2, -0.15) is 0 Å². The average Bonchev–Trinajstić information content (AvgIpc) is 3.29. The van der Waals surface area contributed by atoms with Gasteiger partial charge in [-0.3, -0.25) is 4.90 Å². The highest BCUT2D eigenvalue weighted by molar-refractivity contribution is 6.31. The second-order valence-corrected chi connectivity index (χ2v) is 9.97. The summed E-state index contributed by atoms with van der Waals surface area (Å²) in [4.78, 5) is 13.2. The van der Waals surface area contributed by atoms with Gasteiger partial charge in [-0.25, -0.2) is 4.98 Å². The van der Waals surface area contributed by atoms with Crippen LogP contribution in [0.1, 0.15) is 30.7 Å². The summed E-state index contributed by atoms with van der Waals surface area (Å²) < 4.78 is 0. The van der Waals surface area contributed by atoms with Crippen LogP contribution in [0.2, 0.25) is 5.02 Å². The Kier molecular flexibility index (Phi) is 7.19. The molecule has 5 rings (SSSR count). The number of likely N-dealkylation sites (N-methyl/N-ethyl adjacent to an activating group) is 1. The first-order valence-electron chi connectivity index (χ1n) is 12.2. The van der Waals surface area contributed by atoms with Gasteiger partial charge in [0.05, 0.1) is 16.1 Å². The van der Waals surface area contributed by atoms with Crippen LogP contribution in [0.25, 0.3) is 22.4 Å². The van der Waals surface area contributed by atoms with Crippen LogP contribution in [0, 0.1) is 11.8 Å². The van der Waals surface area contributed by atoms with E-state index in [1.807, 2.05) is 30.3 Å². The lowest BCUT2D eigenvalue weighted by Gasteiger charge is -2.32. The maximum absolute atomic E-state index is 6.45. The number of rotatable bonds is 5. The van der Waals surface area contributed by atoms with Crippen LogP contribution < -0.4 is 5.32 Å². The minimum absolute atomic E-state index is 0.291. The SMILES string of the molecule is CC(C)Nc1ccc(C#Cc2cc(-c3nc4ccc(CN5CCN(C)CC5)cc4[nH]3)ccc2Cl)nn1. The molecule has 7 nitrogen and oxygen atoms in total. The molecule has 0 unspecified atom stereocenters. The highest BCUT2D eigenvalue weighted by Crippen LogP contribution is 2.26. The van der Waals surface area contributed by atoms with E-state index in [1.165, 1.54) is 5.56 Å². The number of aromatic nitrogens is 4. The molecule has 0 aliphatic carbocycles. The third kappa shape index (κ3) is 5.85. The zero-order valence-corrected chi connectivity index (χ0v) is 21.6. The Morgan fingerprint density at radius 1 is 1.00 bits per heavy atom. The lowest BCUT2D eigenvalue weighted by atomic mass is 10.1. The number of imidazole rings is 1. The molecule has 184 valence electrons. The van der Waals surface area contributed by atoms with Crippen molar-refractivity contribution < 1.29 is 0 Å². The largest absolute Gasteiger partial charge is 0.366 e. The molecule has 1 aliphatic rings. The molecule has 0 spiro atoms. The summed E-state index contributed by atoms with van der Waals surface area (Å²) in [6.45, 7) is 9.50. The Bertz CT molecular complexity index is 1410. The predicted octanol–water partition coefficient (Wildman–Crippen LogP) is 4.64. The van der Waals surface area contributed by atoms with Crippen LogP contribution >= 0.6 is 11.6 Å². The Labute approximate surface area is 216 Å². The van der Waals surface area contributed by atoms with Crippen molar-refractivity contribution in [3.8, 4) is 23.2 Å². The summed E-state index contributed by atoms with van der Waals surface area (Å²) in [7, 11) is 2.18. The second kappa shape index (κ2) is 10.7. The van der Waals surface area contributed by atoms with Gasteiger partial charge in [0.1, 0.15) is 17.3 Å². The molecule has 3 heterocycles. The number of piperazine rings is 1. The molecule has 1 fully saturated rings. The Balaban J connectivity index is 1.34. The molecule has 1 saturated heterocycles. The van der Waals surface area contributed by atoms with Crippen molar-refractivity contribution >= 4 is 28.5 Å². The Hall–Kier alpha value is -3.44. The summed E-state index contributed by atoms with van der Waals surface area (Å²) in [5.41, 5.74) is 5.51. The van der Waals surface area contributed by atoms with Crippen molar-refractivity contribution in [2.45, 2.75) is 26.4 Å². The van der Waals surface area contributed by atoms with Crippen molar-refractivity contribution in [3.63, 3.8) is 0 Å². The molecule has 4 aromatic rings. The van der Waals surface area contributed by atoms with Crippen molar-refractivity contribution in [2.75, 3.05) is 38.5 Å². The van der Waals surface area contributed by atoms with Crippen molar-refractivity contribution in [1.29, 1.82) is 0 Å². The molecule has 2 aromatic carbocycles. The van der Waals surface area contributed by atoms with E-state index in [-0.39, 0.29) is 0 Å². The van der Waals surface area contributed by atoms with E-state index >= 15 is 0 Å². The van der Waals surface area contributed by atoms with Gasteiger partial charge in [0.2, 0.25) is 0 Å². The smallest absolute Gasteiger partial charge is 0.148 e. The number of aromatic amines is 1. The zero-order chi connectivity index (χ0) is 25.1. The topological polar surface area (TPSA) is 73.0 Å². The maximum Gasteiger partial charge on any atom is 0.148 e. The maximum atomic E-state index is 6.45. The summed E-state index contributed by atoms with van der Waals surface area (Å²) in [6, 6.07) is 16.3. The summed E-state index contributed by atoms with van der Waals surface area (Å²) in [5.74, 6) is 7.72. The first-order chi connectivity index (χ1) is 17.4. The number of nitrogens with zero attached hydrogens (tertiary/aromatic N) is 5. The first kappa shape index (κ1) is 24.3. The van der Waals surface area contributed by atoms with Crippen molar-refractivity contribution in [1.82, 2.24) is 30.0 Å². The number of nitrogens with one attached hydrogen (secondary N) is 2. The van der Waals surface area contributed by atoms with E-state index in [0.29, 0.717) is 16.8 Å². The quantitative estimate of drug-likeness (QED) is 0.390. The van der Waals surface area contributed by atoms with Crippen LogP contribution in [0.4, 0.5) is 5.82 Å². The Morgan fingerprint density at radius 2 is 1.83 bits per heavy atom. The van der Waals surface area contributed by atoms with Crippen molar-refractivity contribution in [2.24, 2.45) is 0 Å². The third-order valence-electron chi connectivity index (χ3n) is 6.21. The van der Waals surface area contributed by atoms with Crippen LogP contribution in [-0.2, 0) is 6.54 Å². The number of hydrogen-bond donors (Lipinski definition) is 2. The number of H-pyrrole nitrogens is 1. The van der Waals surface area contributed by atoms with Crippen LogP contribution in [0.3, 0.4) is 0 Å². The lowest BCUT2D eigenvalue weighted by Crippen LogP contribution is -2.43. The van der Waals surface area contributed by atoms with Gasteiger partial charge in [0, 0.05) is 49.9 Å². The monoisotopic (exact) mass is 499 g/mol. The van der Waals surface area contributed by atoms with E-state index in [2.05, 4.69) is 81.2 Å². The fourth-order valence-corrected chi connectivity index (χ4v) is 4.39. The molecule has 0 amide bonds. The van der Waals surface area contributed by atoms with Crippen LogP contribution in [0.5, 0.6) is 0 Å². The van der Waals surface area contributed by atoms with Gasteiger partial charge in [-0.05, 0) is 74.8 Å². The minimum Gasteiger partial charge on any atom is -0.366 e. The van der Waals surface area contributed by atoms with E-state index < -0.39 is 0 Å². The van der Waals surface area contributed by atoms with Crippen molar-refractivity contribution in [3.05, 3.63) is 70.4 Å². The minimum atomic E-state index is 0.291. The molecular formula is C28H30ClN7. The number of benzene rings is 2. The number of halogens is 1. The van der Waals surface area contributed by atoms with Gasteiger partial charge < -0.3 is 15.2 Å². The highest BCUT2D eigenvalue weighted by atomic mass is 35.5. The lowest BCUT2D eigenvalue weighted by molar-refractivity contribution is 0.148. The van der Waals surface area contributed by atoms with E-state index in [1.54, 1.807) is 0 Å². The summed E-state index contributed by atoms with van der Waals surface area (Å²) in [6.07, 6.45) is 0. The highest BCUT2D eigenvalue weighted by Gasteiger charge is 2.15. The van der Waals surface area contributed by atoms with Crippen LogP contribution in [-0.4, -0.2) is 69.2 Å². The normalized spacial score (nSPS) is 14.7. The summed E-state index contributed by atoms with van der Waals surface area (Å²) >= 11 is 6.45. The van der Waals surface area contributed by atoms with Gasteiger partial charge in [0.25, 0.3) is 0 Å². The van der Waals surface area contributed by atoms with E-state index in [9.17, 15) is 0 Å². The van der Waals surface area contributed by atoms with Crippen LogP contribution in [0.15, 0.2) is 48.5 Å². The fraction of sp³-hybridized carbons (Fsp3) is 0.321. The molecular weight excluding hydrogens is 470 g/mol. The third-order valence-corrected chi connectivity index (χ3v) is 6.54. The number of hydrogen-bond acceptors (Lipinski definition) is 6. The van der Waals surface area contributed by atoms with Gasteiger partial charge in [-0.1, -0.05) is 23.6 Å². The molecule has 8 heteroatoms. The standard InChI is InChI=1S/C28H30ClN7/c1-19(2)30-27-11-8-23(33-34-27)7-5-21-17-22(6-9-24(21)29)28-31-25-10-4-20(16-26(25)32-28)18-36-14-12-35(3)13-15-36/h4,6,8-11,16-17,19H,12-15,18H2,1-3H3,(H,30,34)(H,31,32). The molecule has 36 heavy (non-hydrogen) atoms. The van der Waals surface area contributed by atoms with Gasteiger partial charge >= 0.3 is 0 Å². The summed E-state index contributed by atoms with van der Waals surface area (Å²) in [5, 5.41) is 12.2. The van der Waals surface area contributed by atoms with E-state index in [0.717, 1.165) is 66.5 Å².